The van der Waals surface area contributed by atoms with E-state index in [-0.39, 0.29) is 24.6 Å². The minimum atomic E-state index is -1.06. The lowest BCUT2D eigenvalue weighted by Gasteiger charge is -2.08. The molecule has 0 bridgehead atoms. The Morgan fingerprint density at radius 3 is 2.67 bits per heavy atom. The number of amides is 3. The molecule has 1 aromatic heterocycles. The molecule has 0 aliphatic rings. The third kappa shape index (κ3) is 6.37. The van der Waals surface area contributed by atoms with Gasteiger partial charge in [0, 0.05) is 12.7 Å². The molecule has 3 amide bonds. The lowest BCUT2D eigenvalue weighted by molar-refractivity contribution is -0.120. The van der Waals surface area contributed by atoms with Crippen LogP contribution in [0.3, 0.4) is 0 Å². The Labute approximate surface area is 121 Å². The minimum absolute atomic E-state index is 0.0729. The number of pyridine rings is 1. The molecule has 8 nitrogen and oxygen atoms in total. The summed E-state index contributed by atoms with van der Waals surface area (Å²) in [6, 6.07) is 2.21. The third-order valence-electron chi connectivity index (χ3n) is 2.48. The average molecular weight is 294 g/mol. The van der Waals surface area contributed by atoms with E-state index in [9.17, 15) is 14.4 Å². The molecular formula is C13H18N4O4. The van der Waals surface area contributed by atoms with Gasteiger partial charge in [0.15, 0.2) is 0 Å². The Hall–Kier alpha value is -2.64. The molecule has 1 aromatic rings. The van der Waals surface area contributed by atoms with Crippen molar-refractivity contribution in [1.29, 1.82) is 0 Å². The van der Waals surface area contributed by atoms with Gasteiger partial charge in [-0.05, 0) is 18.6 Å². The largest absolute Gasteiger partial charge is 0.478 e. The maximum Gasteiger partial charge on any atom is 0.335 e. The Kier molecular flexibility index (Phi) is 6.66. The predicted octanol–water partition coefficient (Wildman–Crippen LogP) is 0.105. The number of aromatic nitrogens is 1. The van der Waals surface area contributed by atoms with Gasteiger partial charge < -0.3 is 21.1 Å². The number of carboxylic acids is 1. The topological polar surface area (TPSA) is 120 Å². The van der Waals surface area contributed by atoms with Crippen molar-refractivity contribution in [3.8, 4) is 0 Å². The van der Waals surface area contributed by atoms with Crippen LogP contribution >= 0.6 is 0 Å². The molecule has 0 saturated heterocycles. The maximum absolute atomic E-state index is 11.5. The molecule has 0 radical (unpaired) electrons. The molecule has 0 spiro atoms. The van der Waals surface area contributed by atoms with Crippen molar-refractivity contribution in [3.05, 3.63) is 29.6 Å². The van der Waals surface area contributed by atoms with Gasteiger partial charge in [-0.3, -0.25) is 9.78 Å². The summed E-state index contributed by atoms with van der Waals surface area (Å²) in [5.41, 5.74) is 0.515. The lowest BCUT2D eigenvalue weighted by Crippen LogP contribution is -2.42. The van der Waals surface area contributed by atoms with Gasteiger partial charge in [0.05, 0.1) is 24.3 Å². The second-order valence-electron chi connectivity index (χ2n) is 4.23. The Morgan fingerprint density at radius 1 is 1.24 bits per heavy atom. The number of nitrogens with one attached hydrogen (secondary N) is 3. The zero-order valence-electron chi connectivity index (χ0n) is 11.7. The smallest absolute Gasteiger partial charge is 0.335 e. The number of nitrogens with zero attached hydrogens (tertiary/aromatic N) is 1. The number of carbonyl (C=O) groups excluding carboxylic acids is 2. The number of rotatable bonds is 7. The molecule has 0 saturated carbocycles. The van der Waals surface area contributed by atoms with E-state index in [0.29, 0.717) is 12.2 Å². The van der Waals surface area contributed by atoms with Gasteiger partial charge in [-0.15, -0.1) is 0 Å². The van der Waals surface area contributed by atoms with Gasteiger partial charge in [-0.25, -0.2) is 9.59 Å². The summed E-state index contributed by atoms with van der Waals surface area (Å²) in [6.07, 6.45) is 2.18. The number of carbonyl (C=O) groups is 3. The second kappa shape index (κ2) is 8.51. The molecule has 0 atom stereocenters. The van der Waals surface area contributed by atoms with Gasteiger partial charge in [-0.2, -0.15) is 0 Å². The Morgan fingerprint density at radius 2 is 2.00 bits per heavy atom. The maximum atomic E-state index is 11.5. The van der Waals surface area contributed by atoms with Crippen LogP contribution in [0.4, 0.5) is 4.79 Å². The first-order valence-corrected chi connectivity index (χ1v) is 6.49. The van der Waals surface area contributed by atoms with E-state index in [2.05, 4.69) is 20.9 Å². The van der Waals surface area contributed by atoms with E-state index in [1.165, 1.54) is 18.3 Å². The summed E-state index contributed by atoms with van der Waals surface area (Å²) >= 11 is 0. The number of hydrogen-bond donors (Lipinski definition) is 4. The van der Waals surface area contributed by atoms with Crippen LogP contribution in [0, 0.1) is 0 Å². The molecule has 1 heterocycles. The second-order valence-corrected chi connectivity index (χ2v) is 4.23. The quantitative estimate of drug-likeness (QED) is 0.568. The van der Waals surface area contributed by atoms with Crippen molar-refractivity contribution in [2.75, 3.05) is 13.1 Å². The van der Waals surface area contributed by atoms with Gasteiger partial charge >= 0.3 is 12.0 Å². The molecule has 0 aromatic carbocycles. The van der Waals surface area contributed by atoms with Crippen molar-refractivity contribution in [3.63, 3.8) is 0 Å². The van der Waals surface area contributed by atoms with Crippen molar-refractivity contribution in [2.45, 2.75) is 19.9 Å². The van der Waals surface area contributed by atoms with E-state index < -0.39 is 12.0 Å². The zero-order valence-corrected chi connectivity index (χ0v) is 11.7. The van der Waals surface area contributed by atoms with Crippen LogP contribution in [0.15, 0.2) is 18.3 Å². The summed E-state index contributed by atoms with van der Waals surface area (Å²) in [4.78, 5) is 37.5. The fourth-order valence-electron chi connectivity index (χ4n) is 1.43. The molecule has 21 heavy (non-hydrogen) atoms. The van der Waals surface area contributed by atoms with Crippen molar-refractivity contribution in [2.24, 2.45) is 0 Å². The van der Waals surface area contributed by atoms with Gasteiger partial charge in [-0.1, -0.05) is 6.92 Å². The minimum Gasteiger partial charge on any atom is -0.478 e. The fourth-order valence-corrected chi connectivity index (χ4v) is 1.43. The highest BCUT2D eigenvalue weighted by molar-refractivity contribution is 5.87. The molecule has 114 valence electrons. The van der Waals surface area contributed by atoms with E-state index >= 15 is 0 Å². The monoisotopic (exact) mass is 294 g/mol. The molecule has 1 rings (SSSR count). The zero-order chi connectivity index (χ0) is 15.7. The summed E-state index contributed by atoms with van der Waals surface area (Å²) in [7, 11) is 0. The normalized spacial score (nSPS) is 9.76. The number of urea groups is 1. The molecule has 0 fully saturated rings. The van der Waals surface area contributed by atoms with Gasteiger partial charge in [0.2, 0.25) is 5.91 Å². The third-order valence-corrected chi connectivity index (χ3v) is 2.48. The van der Waals surface area contributed by atoms with Crippen LogP contribution in [0.25, 0.3) is 0 Å². The molecule has 8 heteroatoms. The number of hydrogen-bond acceptors (Lipinski definition) is 4. The van der Waals surface area contributed by atoms with E-state index in [0.717, 1.165) is 6.42 Å². The standard InChI is InChI=1S/C13H18N4O4/c1-2-4-15-11(18)8-17-13(21)16-7-10-6-9(12(19)20)3-5-14-10/h3,5-6H,2,4,7-8H2,1H3,(H,15,18)(H,19,20)(H2,16,17,21). The summed E-state index contributed by atoms with van der Waals surface area (Å²) in [6.45, 7) is 2.45. The molecule has 0 aliphatic heterocycles. The Bertz CT molecular complexity index is 519. The fraction of sp³-hybridized carbons (Fsp3) is 0.385. The number of carboxylic acid groups (broad SMARTS) is 1. The molecule has 4 N–H and O–H groups in total. The van der Waals surface area contributed by atoms with Gasteiger partial charge in [0.25, 0.3) is 0 Å². The summed E-state index contributed by atoms with van der Waals surface area (Å²) < 4.78 is 0. The average Bonchev–Trinajstić information content (AvgIpc) is 2.49. The van der Waals surface area contributed by atoms with Crippen LogP contribution < -0.4 is 16.0 Å². The Balaban J connectivity index is 2.34. The first-order chi connectivity index (χ1) is 10.0. The highest BCUT2D eigenvalue weighted by Crippen LogP contribution is 2.01. The van der Waals surface area contributed by atoms with Crippen LogP contribution in [-0.2, 0) is 11.3 Å². The van der Waals surface area contributed by atoms with E-state index in [1.54, 1.807) is 0 Å². The van der Waals surface area contributed by atoms with Crippen LogP contribution in [0.1, 0.15) is 29.4 Å². The van der Waals surface area contributed by atoms with Crippen LogP contribution in [0.5, 0.6) is 0 Å². The van der Waals surface area contributed by atoms with Crippen LogP contribution in [-0.4, -0.2) is 41.1 Å². The predicted molar refractivity (Wildman–Crippen MR) is 74.7 cm³/mol. The van der Waals surface area contributed by atoms with E-state index in [4.69, 9.17) is 5.11 Å². The van der Waals surface area contributed by atoms with Crippen molar-refractivity contribution < 1.29 is 19.5 Å². The highest BCUT2D eigenvalue weighted by Gasteiger charge is 2.07. The molecular weight excluding hydrogens is 276 g/mol. The number of aromatic carboxylic acids is 1. The first-order valence-electron chi connectivity index (χ1n) is 6.49. The van der Waals surface area contributed by atoms with Crippen LogP contribution in [0.2, 0.25) is 0 Å². The lowest BCUT2D eigenvalue weighted by atomic mass is 10.2. The van der Waals surface area contributed by atoms with E-state index in [1.807, 2.05) is 6.92 Å². The summed E-state index contributed by atoms with van der Waals surface area (Å²) in [5, 5.41) is 16.3. The first kappa shape index (κ1) is 16.4. The molecule has 0 unspecified atom stereocenters. The molecule has 0 aliphatic carbocycles. The SMILES string of the molecule is CCCNC(=O)CNC(=O)NCc1cc(C(=O)O)ccn1. The van der Waals surface area contributed by atoms with Crippen molar-refractivity contribution in [1.82, 2.24) is 20.9 Å². The highest BCUT2D eigenvalue weighted by atomic mass is 16.4. The van der Waals surface area contributed by atoms with Crippen molar-refractivity contribution >= 4 is 17.9 Å². The van der Waals surface area contributed by atoms with Gasteiger partial charge in [0.1, 0.15) is 0 Å². The summed E-state index contributed by atoms with van der Waals surface area (Å²) in [5.74, 6) is -1.33.